The molecular weight excluding hydrogens is 373 g/mol. The molecule has 2 N–H and O–H groups in total. The van der Waals surface area contributed by atoms with Crippen molar-refractivity contribution in [2.24, 2.45) is 11.8 Å². The molecule has 6 nitrogen and oxygen atoms in total. The number of pyridine rings is 1. The van der Waals surface area contributed by atoms with Gasteiger partial charge in [-0.15, -0.1) is 0 Å². The molecule has 0 aromatic carbocycles. The molecular formula is C16H20ClF3N4O2. The molecule has 0 saturated carbocycles. The molecule has 1 fully saturated rings. The highest BCUT2D eigenvalue weighted by molar-refractivity contribution is 6.33. The van der Waals surface area contributed by atoms with E-state index in [1.54, 1.807) is 18.7 Å². The van der Waals surface area contributed by atoms with E-state index in [0.29, 0.717) is 25.9 Å². The largest absolute Gasteiger partial charge is 0.417 e. The maximum Gasteiger partial charge on any atom is 0.417 e. The molecule has 1 aliphatic rings. The third-order valence-electron chi connectivity index (χ3n) is 4.15. The fourth-order valence-corrected chi connectivity index (χ4v) is 2.83. The van der Waals surface area contributed by atoms with Crippen LogP contribution in [0.1, 0.15) is 32.3 Å². The summed E-state index contributed by atoms with van der Waals surface area (Å²) in [7, 11) is 0. The van der Waals surface area contributed by atoms with E-state index in [9.17, 15) is 22.8 Å². The minimum atomic E-state index is -4.50. The fourth-order valence-electron chi connectivity index (χ4n) is 2.54. The number of amides is 2. The van der Waals surface area contributed by atoms with Gasteiger partial charge in [0.15, 0.2) is 0 Å². The number of halogens is 4. The Morgan fingerprint density at radius 2 is 1.88 bits per heavy atom. The molecule has 0 atom stereocenters. The number of hydrogen-bond acceptors (Lipinski definition) is 4. The summed E-state index contributed by atoms with van der Waals surface area (Å²) >= 11 is 5.95. The molecule has 10 heteroatoms. The van der Waals surface area contributed by atoms with Gasteiger partial charge < -0.3 is 4.90 Å². The van der Waals surface area contributed by atoms with Crippen LogP contribution in [0.5, 0.6) is 0 Å². The van der Waals surface area contributed by atoms with Crippen LogP contribution in [0.25, 0.3) is 0 Å². The summed E-state index contributed by atoms with van der Waals surface area (Å²) in [4.78, 5) is 29.1. The van der Waals surface area contributed by atoms with Crippen molar-refractivity contribution in [1.29, 1.82) is 0 Å². The average Bonchev–Trinajstić information content (AvgIpc) is 2.58. The highest BCUT2D eigenvalue weighted by Gasteiger charge is 2.33. The summed E-state index contributed by atoms with van der Waals surface area (Å²) < 4.78 is 38.0. The first-order valence-electron chi connectivity index (χ1n) is 8.17. The number of anilines is 1. The summed E-state index contributed by atoms with van der Waals surface area (Å²) in [5.41, 5.74) is 3.86. The van der Waals surface area contributed by atoms with Gasteiger partial charge in [-0.25, -0.2) is 4.98 Å². The number of alkyl halides is 3. The van der Waals surface area contributed by atoms with E-state index in [0.717, 1.165) is 12.3 Å². The lowest BCUT2D eigenvalue weighted by molar-refractivity contribution is -0.137. The Bertz CT molecular complexity index is 674. The molecule has 1 aromatic heterocycles. The number of nitrogens with one attached hydrogen (secondary N) is 2. The Morgan fingerprint density at radius 1 is 1.27 bits per heavy atom. The van der Waals surface area contributed by atoms with E-state index < -0.39 is 11.7 Å². The maximum absolute atomic E-state index is 12.7. The predicted octanol–water partition coefficient (Wildman–Crippen LogP) is 2.77. The number of nitrogens with zero attached hydrogens (tertiary/aromatic N) is 2. The van der Waals surface area contributed by atoms with Crippen LogP contribution >= 0.6 is 11.6 Å². The molecule has 0 spiro atoms. The van der Waals surface area contributed by atoms with Gasteiger partial charge in [0.1, 0.15) is 5.82 Å². The van der Waals surface area contributed by atoms with Crippen molar-refractivity contribution in [2.75, 3.05) is 18.0 Å². The number of hydrogen-bond donors (Lipinski definition) is 2. The molecule has 1 saturated heterocycles. The van der Waals surface area contributed by atoms with Crippen LogP contribution in [-0.4, -0.2) is 29.9 Å². The zero-order valence-electron chi connectivity index (χ0n) is 14.4. The first-order chi connectivity index (χ1) is 12.1. The first kappa shape index (κ1) is 20.3. The number of hydrazine groups is 1. The van der Waals surface area contributed by atoms with Crippen LogP contribution in [0.15, 0.2) is 12.3 Å². The van der Waals surface area contributed by atoms with Gasteiger partial charge in [0.25, 0.3) is 0 Å². The van der Waals surface area contributed by atoms with Gasteiger partial charge in [-0.2, -0.15) is 13.2 Å². The second-order valence-electron chi connectivity index (χ2n) is 6.42. The van der Waals surface area contributed by atoms with Crippen LogP contribution in [0.3, 0.4) is 0 Å². The van der Waals surface area contributed by atoms with Gasteiger partial charge in [0, 0.05) is 31.1 Å². The smallest absolute Gasteiger partial charge is 0.355 e. The van der Waals surface area contributed by atoms with Crippen molar-refractivity contribution < 1.29 is 22.8 Å². The minimum absolute atomic E-state index is 0.0769. The number of piperidine rings is 1. The van der Waals surface area contributed by atoms with Crippen molar-refractivity contribution in [3.8, 4) is 0 Å². The zero-order chi connectivity index (χ0) is 19.5. The number of carbonyl (C=O) groups is 2. The molecule has 1 aromatic rings. The maximum atomic E-state index is 12.7. The number of rotatable bonds is 3. The Kier molecular flexibility index (Phi) is 6.33. The topological polar surface area (TPSA) is 74.3 Å². The lowest BCUT2D eigenvalue weighted by Crippen LogP contribution is -2.48. The zero-order valence-corrected chi connectivity index (χ0v) is 15.1. The number of carbonyl (C=O) groups excluding carboxylic acids is 2. The van der Waals surface area contributed by atoms with Crippen LogP contribution in [0.4, 0.5) is 19.0 Å². The van der Waals surface area contributed by atoms with Gasteiger partial charge >= 0.3 is 6.18 Å². The first-order valence-corrected chi connectivity index (χ1v) is 8.54. The van der Waals surface area contributed by atoms with E-state index in [1.807, 2.05) is 0 Å². The normalized spacial score (nSPS) is 15.9. The molecule has 2 heterocycles. The lowest BCUT2D eigenvalue weighted by atomic mass is 9.96. The lowest BCUT2D eigenvalue weighted by Gasteiger charge is -2.32. The van der Waals surface area contributed by atoms with E-state index in [2.05, 4.69) is 15.8 Å². The van der Waals surface area contributed by atoms with E-state index in [4.69, 9.17) is 11.6 Å². The molecule has 2 rings (SSSR count). The van der Waals surface area contributed by atoms with Crippen LogP contribution in [0, 0.1) is 11.8 Å². The summed E-state index contributed by atoms with van der Waals surface area (Å²) in [6, 6.07) is 0.851. The second kappa shape index (κ2) is 8.11. The summed E-state index contributed by atoms with van der Waals surface area (Å²) in [5.74, 6) is -0.842. The van der Waals surface area contributed by atoms with Crippen LogP contribution in [-0.2, 0) is 15.8 Å². The van der Waals surface area contributed by atoms with Crippen molar-refractivity contribution in [1.82, 2.24) is 15.8 Å². The Labute approximate surface area is 154 Å². The monoisotopic (exact) mass is 392 g/mol. The Hall–Kier alpha value is -2.03. The summed E-state index contributed by atoms with van der Waals surface area (Å²) in [6.07, 6.45) is -2.80. The minimum Gasteiger partial charge on any atom is -0.355 e. The Balaban J connectivity index is 1.92. The third kappa shape index (κ3) is 5.00. The van der Waals surface area contributed by atoms with E-state index in [1.165, 1.54) is 0 Å². The van der Waals surface area contributed by atoms with Gasteiger partial charge in [0.2, 0.25) is 11.8 Å². The molecule has 144 valence electrons. The predicted molar refractivity (Wildman–Crippen MR) is 90.3 cm³/mol. The van der Waals surface area contributed by atoms with Gasteiger partial charge in [-0.1, -0.05) is 25.4 Å². The quantitative estimate of drug-likeness (QED) is 0.776. The second-order valence-corrected chi connectivity index (χ2v) is 6.83. The molecule has 0 radical (unpaired) electrons. The molecule has 2 amide bonds. The van der Waals surface area contributed by atoms with Gasteiger partial charge in [-0.3, -0.25) is 20.4 Å². The van der Waals surface area contributed by atoms with E-state index in [-0.39, 0.29) is 34.5 Å². The standard InChI is InChI=1S/C16H20ClF3N4O2/c1-9(2)14(25)22-23-15(26)10-3-5-24(6-4-10)13-12(17)7-11(8-21-13)16(18,19)20/h7-10H,3-6H2,1-2H3,(H,22,25)(H,23,26). The van der Waals surface area contributed by atoms with Crippen molar-refractivity contribution in [2.45, 2.75) is 32.9 Å². The Morgan fingerprint density at radius 3 is 2.38 bits per heavy atom. The molecule has 0 aliphatic carbocycles. The van der Waals surface area contributed by atoms with Gasteiger partial charge in [-0.05, 0) is 18.9 Å². The highest BCUT2D eigenvalue weighted by Crippen LogP contribution is 2.34. The highest BCUT2D eigenvalue weighted by atomic mass is 35.5. The van der Waals surface area contributed by atoms with Crippen LogP contribution in [0.2, 0.25) is 5.02 Å². The molecule has 0 unspecified atom stereocenters. The number of aromatic nitrogens is 1. The SMILES string of the molecule is CC(C)C(=O)NNC(=O)C1CCN(c2ncc(C(F)(F)F)cc2Cl)CC1. The third-order valence-corrected chi connectivity index (χ3v) is 4.43. The molecule has 26 heavy (non-hydrogen) atoms. The van der Waals surface area contributed by atoms with Crippen molar-refractivity contribution in [3.63, 3.8) is 0 Å². The summed E-state index contributed by atoms with van der Waals surface area (Å²) in [6.45, 7) is 4.27. The van der Waals surface area contributed by atoms with E-state index >= 15 is 0 Å². The molecule has 1 aliphatic heterocycles. The van der Waals surface area contributed by atoms with Crippen molar-refractivity contribution in [3.05, 3.63) is 22.8 Å². The van der Waals surface area contributed by atoms with Crippen LogP contribution < -0.4 is 15.8 Å². The fraction of sp³-hybridized carbons (Fsp3) is 0.562. The van der Waals surface area contributed by atoms with Crippen molar-refractivity contribution >= 4 is 29.2 Å². The molecule has 0 bridgehead atoms. The summed E-state index contributed by atoms with van der Waals surface area (Å²) in [5, 5.41) is -0.0769. The van der Waals surface area contributed by atoms with Gasteiger partial charge in [0.05, 0.1) is 10.6 Å². The average molecular weight is 393 g/mol.